The first kappa shape index (κ1) is 14.0. The van der Waals surface area contributed by atoms with Gasteiger partial charge in [0.05, 0.1) is 12.5 Å². The highest BCUT2D eigenvalue weighted by Crippen LogP contribution is 2.29. The van der Waals surface area contributed by atoms with E-state index < -0.39 is 11.9 Å². The van der Waals surface area contributed by atoms with Gasteiger partial charge < -0.3 is 5.11 Å². The molecule has 1 atom stereocenters. The third-order valence-electron chi connectivity index (χ3n) is 3.90. The van der Waals surface area contributed by atoms with Crippen molar-refractivity contribution in [3.05, 3.63) is 5.82 Å². The maximum absolute atomic E-state index is 10.9. The minimum Gasteiger partial charge on any atom is -0.481 e. The van der Waals surface area contributed by atoms with Crippen LogP contribution in [-0.2, 0) is 11.3 Å². The van der Waals surface area contributed by atoms with Gasteiger partial charge in [0.15, 0.2) is 5.82 Å². The molecule has 1 aromatic heterocycles. The summed E-state index contributed by atoms with van der Waals surface area (Å²) in [6.45, 7) is 2.04. The van der Waals surface area contributed by atoms with Crippen molar-refractivity contribution < 1.29 is 9.90 Å². The molecule has 106 valence electrons. The summed E-state index contributed by atoms with van der Waals surface area (Å²) >= 11 is 0. The van der Waals surface area contributed by atoms with Crippen molar-refractivity contribution in [2.45, 2.75) is 64.3 Å². The number of hydrogen-bond donors (Lipinski definition) is 1. The highest BCUT2D eigenvalue weighted by atomic mass is 16.4. The van der Waals surface area contributed by atoms with Crippen LogP contribution in [-0.4, -0.2) is 31.3 Å². The van der Waals surface area contributed by atoms with E-state index in [4.69, 9.17) is 5.11 Å². The summed E-state index contributed by atoms with van der Waals surface area (Å²) in [7, 11) is 0. The maximum atomic E-state index is 10.9. The lowest BCUT2D eigenvalue weighted by Gasteiger charge is -2.19. The van der Waals surface area contributed by atoms with E-state index in [-0.39, 0.29) is 0 Å². The Kier molecular flexibility index (Phi) is 4.87. The average molecular weight is 266 g/mol. The number of rotatable bonds is 4. The predicted molar refractivity (Wildman–Crippen MR) is 69.7 cm³/mol. The molecule has 1 aromatic rings. The molecule has 0 radical (unpaired) electrons. The SMILES string of the molecule is CC(Cn1nnnc1C1CCCCCCC1)C(=O)O. The molecule has 0 saturated heterocycles. The van der Waals surface area contributed by atoms with Gasteiger partial charge in [-0.25, -0.2) is 4.68 Å². The minimum atomic E-state index is -0.806. The number of carbonyl (C=O) groups is 1. The van der Waals surface area contributed by atoms with Crippen molar-refractivity contribution in [3.63, 3.8) is 0 Å². The highest BCUT2D eigenvalue weighted by molar-refractivity contribution is 5.69. The smallest absolute Gasteiger partial charge is 0.308 e. The third kappa shape index (κ3) is 3.75. The summed E-state index contributed by atoms with van der Waals surface area (Å²) in [5.41, 5.74) is 0. The first-order chi connectivity index (χ1) is 9.18. The van der Waals surface area contributed by atoms with Crippen molar-refractivity contribution in [1.82, 2.24) is 20.2 Å². The van der Waals surface area contributed by atoms with Gasteiger partial charge in [-0.1, -0.05) is 39.0 Å². The fraction of sp³-hybridized carbons (Fsp3) is 0.846. The van der Waals surface area contributed by atoms with Crippen molar-refractivity contribution in [1.29, 1.82) is 0 Å². The van der Waals surface area contributed by atoms with Crippen LogP contribution in [0.1, 0.15) is 63.6 Å². The molecule has 1 unspecified atom stereocenters. The standard InChI is InChI=1S/C13H22N4O2/c1-10(13(18)19)9-17-12(14-15-16-17)11-7-5-3-2-4-6-8-11/h10-11H,2-9H2,1H3,(H,18,19). The zero-order valence-corrected chi connectivity index (χ0v) is 11.5. The van der Waals surface area contributed by atoms with Gasteiger partial charge in [0.25, 0.3) is 0 Å². The van der Waals surface area contributed by atoms with Crippen molar-refractivity contribution >= 4 is 5.97 Å². The molecule has 1 N–H and O–H groups in total. The molecule has 0 amide bonds. The second-order valence-electron chi connectivity index (χ2n) is 5.50. The Morgan fingerprint density at radius 2 is 1.95 bits per heavy atom. The van der Waals surface area contributed by atoms with Gasteiger partial charge in [0.2, 0.25) is 0 Å². The number of nitrogens with zero attached hydrogens (tertiary/aromatic N) is 4. The zero-order valence-electron chi connectivity index (χ0n) is 11.5. The van der Waals surface area contributed by atoms with E-state index in [0.717, 1.165) is 18.7 Å². The van der Waals surface area contributed by atoms with Gasteiger partial charge in [0, 0.05) is 5.92 Å². The molecule has 19 heavy (non-hydrogen) atoms. The molecule has 1 fully saturated rings. The van der Waals surface area contributed by atoms with Gasteiger partial charge in [-0.15, -0.1) is 5.10 Å². The summed E-state index contributed by atoms with van der Waals surface area (Å²) in [6.07, 6.45) is 8.54. The summed E-state index contributed by atoms with van der Waals surface area (Å²) in [5.74, 6) is -0.0128. The van der Waals surface area contributed by atoms with E-state index in [9.17, 15) is 4.79 Å². The molecule has 0 spiro atoms. The second-order valence-corrected chi connectivity index (χ2v) is 5.50. The van der Waals surface area contributed by atoms with Crippen LogP contribution in [0.3, 0.4) is 0 Å². The Bertz CT molecular complexity index is 411. The molecular formula is C13H22N4O2. The van der Waals surface area contributed by atoms with E-state index in [1.807, 2.05) is 0 Å². The van der Waals surface area contributed by atoms with Crippen LogP contribution in [0.4, 0.5) is 0 Å². The first-order valence-corrected chi connectivity index (χ1v) is 7.17. The summed E-state index contributed by atoms with van der Waals surface area (Å²) < 4.78 is 1.69. The van der Waals surface area contributed by atoms with E-state index in [1.54, 1.807) is 11.6 Å². The lowest BCUT2D eigenvalue weighted by molar-refractivity contribution is -0.141. The molecule has 6 nitrogen and oxygen atoms in total. The molecule has 1 aliphatic rings. The van der Waals surface area contributed by atoms with Crippen LogP contribution >= 0.6 is 0 Å². The molecule has 2 rings (SSSR count). The zero-order chi connectivity index (χ0) is 13.7. The normalized spacial score (nSPS) is 19.6. The van der Waals surface area contributed by atoms with Crippen molar-refractivity contribution in [2.24, 2.45) is 5.92 Å². The van der Waals surface area contributed by atoms with Crippen LogP contribution < -0.4 is 0 Å². The fourth-order valence-corrected chi connectivity index (χ4v) is 2.69. The van der Waals surface area contributed by atoms with Gasteiger partial charge >= 0.3 is 5.97 Å². The van der Waals surface area contributed by atoms with Gasteiger partial charge in [0.1, 0.15) is 0 Å². The van der Waals surface area contributed by atoms with E-state index in [1.165, 1.54) is 32.1 Å². The number of tetrazole rings is 1. The Labute approximate surface area is 113 Å². The van der Waals surface area contributed by atoms with Crippen molar-refractivity contribution in [3.8, 4) is 0 Å². The molecule has 1 aliphatic carbocycles. The quantitative estimate of drug-likeness (QED) is 0.903. The molecule has 1 heterocycles. The Morgan fingerprint density at radius 3 is 2.58 bits per heavy atom. The topological polar surface area (TPSA) is 80.9 Å². The van der Waals surface area contributed by atoms with Crippen LogP contribution in [0.5, 0.6) is 0 Å². The predicted octanol–water partition coefficient (Wildman–Crippen LogP) is 2.22. The molecule has 6 heteroatoms. The van der Waals surface area contributed by atoms with Crippen molar-refractivity contribution in [2.75, 3.05) is 0 Å². The van der Waals surface area contributed by atoms with Crippen LogP contribution in [0.25, 0.3) is 0 Å². The lowest BCUT2D eigenvalue weighted by Crippen LogP contribution is -2.20. The number of hydrogen-bond acceptors (Lipinski definition) is 4. The van der Waals surface area contributed by atoms with Crippen LogP contribution in [0, 0.1) is 5.92 Å². The highest BCUT2D eigenvalue weighted by Gasteiger charge is 2.22. The minimum absolute atomic E-state index is 0.355. The third-order valence-corrected chi connectivity index (χ3v) is 3.90. The Hall–Kier alpha value is -1.46. The van der Waals surface area contributed by atoms with E-state index in [0.29, 0.717) is 12.5 Å². The van der Waals surface area contributed by atoms with Gasteiger partial charge in [-0.2, -0.15) is 0 Å². The first-order valence-electron chi connectivity index (χ1n) is 7.17. The Morgan fingerprint density at radius 1 is 1.32 bits per heavy atom. The second kappa shape index (κ2) is 6.63. The maximum Gasteiger partial charge on any atom is 0.308 e. The number of carboxylic acids is 1. The summed E-state index contributed by atoms with van der Waals surface area (Å²) in [6, 6.07) is 0. The monoisotopic (exact) mass is 266 g/mol. The molecule has 0 aromatic carbocycles. The lowest BCUT2D eigenvalue weighted by atomic mass is 9.90. The largest absolute Gasteiger partial charge is 0.481 e. The van der Waals surface area contributed by atoms with E-state index >= 15 is 0 Å². The van der Waals surface area contributed by atoms with E-state index in [2.05, 4.69) is 15.5 Å². The van der Waals surface area contributed by atoms with Crippen LogP contribution in [0.15, 0.2) is 0 Å². The fourth-order valence-electron chi connectivity index (χ4n) is 2.69. The molecule has 0 bridgehead atoms. The van der Waals surface area contributed by atoms with Crippen LogP contribution in [0.2, 0.25) is 0 Å². The molecular weight excluding hydrogens is 244 g/mol. The summed E-state index contributed by atoms with van der Waals surface area (Å²) in [5, 5.41) is 20.8. The average Bonchev–Trinajstić information content (AvgIpc) is 2.76. The summed E-state index contributed by atoms with van der Waals surface area (Å²) in [4.78, 5) is 10.9. The Balaban J connectivity index is 2.06. The van der Waals surface area contributed by atoms with Gasteiger partial charge in [-0.05, 0) is 23.3 Å². The number of carboxylic acid groups (broad SMARTS) is 1. The number of aliphatic carboxylic acids is 1. The van der Waals surface area contributed by atoms with Gasteiger partial charge in [-0.3, -0.25) is 4.79 Å². The molecule has 0 aliphatic heterocycles. The number of aromatic nitrogens is 4. The molecule has 1 saturated carbocycles.